The topological polar surface area (TPSA) is 149 Å². The van der Waals surface area contributed by atoms with Gasteiger partial charge in [-0.15, -0.1) is 0 Å². The zero-order valence-electron chi connectivity index (χ0n) is 37.1. The number of hydrogen-bond acceptors (Lipinski definition) is 10. The van der Waals surface area contributed by atoms with Crippen LogP contribution in [0.1, 0.15) is 189 Å². The number of allylic oxidation sites excluding steroid dienone is 6. The second-order valence-corrected chi connectivity index (χ2v) is 16.7. The van der Waals surface area contributed by atoms with Gasteiger partial charge in [0.25, 0.3) is 19.6 Å². The van der Waals surface area contributed by atoms with E-state index in [1.165, 1.54) is 69.9 Å². The standard InChI is InChI=1S/C47H74NO10P.Li/c1-3-5-7-9-11-13-15-17-18-20-22-24-26-28-30-36-45(50)58-41(39-55-44(49)35-29-27-25-23-21-19-16-14-12-10-8-6-4-2)40-57-59(53,54)56-38-37-48-46(51)42-33-31-32-34-43(42)47(48)52;/h5,7,11,13,17-18,31-34,41H,3-4,6,8-10,12,14-16,19-30,35-40H2,1-2H3,(H,53,54);/q;+1/p-1/b7-5-,13-11-,18-17-;/t41-;/m0./s1. The molecule has 332 valence electrons. The molecule has 1 aliphatic rings. The van der Waals surface area contributed by atoms with Gasteiger partial charge in [0.1, 0.15) is 6.61 Å². The minimum Gasteiger partial charge on any atom is -0.756 e. The van der Waals surface area contributed by atoms with Crippen molar-refractivity contribution in [2.45, 2.75) is 174 Å². The number of carbonyl (C=O) groups is 4. The fraction of sp³-hybridized carbons (Fsp3) is 0.660. The van der Waals surface area contributed by atoms with Crippen LogP contribution in [0.4, 0.5) is 0 Å². The molecule has 0 bridgehead atoms. The number of fused-ring (bicyclic) bond motifs is 1. The number of benzene rings is 1. The third kappa shape index (κ3) is 26.5. The summed E-state index contributed by atoms with van der Waals surface area (Å²) in [5.41, 5.74) is 0.483. The molecule has 0 aromatic heterocycles. The van der Waals surface area contributed by atoms with E-state index >= 15 is 0 Å². The SMILES string of the molecule is CC/C=C\C/C=C\C/C=C\CCCCCCCC(=O)O[C@@H](COC(=O)CCCCCCCCCCCCCCC)COP(=O)([O-])OCCN1C(=O)c2ccccc2C1=O.[Li+]. The molecule has 11 nitrogen and oxygen atoms in total. The smallest absolute Gasteiger partial charge is 0.756 e. The predicted molar refractivity (Wildman–Crippen MR) is 232 cm³/mol. The average molecular weight is 850 g/mol. The van der Waals surface area contributed by atoms with Crippen LogP contribution < -0.4 is 23.8 Å². The summed E-state index contributed by atoms with van der Waals surface area (Å²) >= 11 is 0. The number of unbranched alkanes of at least 4 members (excludes halogenated alkanes) is 17. The van der Waals surface area contributed by atoms with Gasteiger partial charge in [0.15, 0.2) is 6.10 Å². The maximum Gasteiger partial charge on any atom is 1.00 e. The quantitative estimate of drug-likeness (QED) is 0.0160. The van der Waals surface area contributed by atoms with Gasteiger partial charge in [-0.25, -0.2) is 0 Å². The van der Waals surface area contributed by atoms with Crippen molar-refractivity contribution >= 4 is 31.6 Å². The zero-order valence-corrected chi connectivity index (χ0v) is 38.0. The first-order valence-electron chi connectivity index (χ1n) is 22.5. The number of carbonyl (C=O) groups excluding carboxylic acids is 4. The number of nitrogens with zero attached hydrogens (tertiary/aromatic N) is 1. The van der Waals surface area contributed by atoms with E-state index in [0.717, 1.165) is 75.5 Å². The van der Waals surface area contributed by atoms with Gasteiger partial charge in [0.2, 0.25) is 0 Å². The van der Waals surface area contributed by atoms with Crippen molar-refractivity contribution < 1.29 is 66.0 Å². The minimum absolute atomic E-state index is 0. The van der Waals surface area contributed by atoms with Gasteiger partial charge in [-0.1, -0.05) is 159 Å². The number of amides is 2. The molecule has 1 aromatic carbocycles. The molecule has 0 fully saturated rings. The largest absolute Gasteiger partial charge is 1.00 e. The Morgan fingerprint density at radius 2 is 1.13 bits per heavy atom. The third-order valence-corrected chi connectivity index (χ3v) is 11.1. The van der Waals surface area contributed by atoms with E-state index in [9.17, 15) is 28.6 Å². The van der Waals surface area contributed by atoms with Crippen LogP contribution in [0.25, 0.3) is 0 Å². The Hall–Kier alpha value is -2.77. The summed E-state index contributed by atoms with van der Waals surface area (Å²) < 4.78 is 33.5. The van der Waals surface area contributed by atoms with E-state index in [0.29, 0.717) is 12.8 Å². The van der Waals surface area contributed by atoms with Crippen molar-refractivity contribution in [3.63, 3.8) is 0 Å². The molecular weight excluding hydrogens is 776 g/mol. The van der Waals surface area contributed by atoms with Crippen LogP contribution in [-0.4, -0.2) is 61.1 Å². The molecule has 0 radical (unpaired) electrons. The van der Waals surface area contributed by atoms with Gasteiger partial charge < -0.3 is 23.4 Å². The Kier molecular flexibility index (Phi) is 32.9. The van der Waals surface area contributed by atoms with Crippen molar-refractivity contribution in [1.29, 1.82) is 0 Å². The minimum atomic E-state index is -4.95. The molecule has 0 aliphatic carbocycles. The first kappa shape index (κ1) is 55.2. The molecule has 2 rings (SSSR count). The van der Waals surface area contributed by atoms with Crippen molar-refractivity contribution in [2.75, 3.05) is 26.4 Å². The van der Waals surface area contributed by atoms with Crippen LogP contribution in [-0.2, 0) is 32.7 Å². The molecule has 1 heterocycles. The van der Waals surface area contributed by atoms with Crippen LogP contribution in [0, 0.1) is 0 Å². The van der Waals surface area contributed by atoms with E-state index in [1.54, 1.807) is 12.1 Å². The summed E-state index contributed by atoms with van der Waals surface area (Å²) in [6.07, 6.45) is 36.2. The third-order valence-electron chi connectivity index (χ3n) is 10.1. The van der Waals surface area contributed by atoms with Crippen LogP contribution in [0.2, 0.25) is 0 Å². The van der Waals surface area contributed by atoms with Crippen molar-refractivity contribution in [1.82, 2.24) is 4.90 Å². The molecule has 1 aliphatic heterocycles. The normalized spacial score (nSPS) is 14.2. The first-order valence-corrected chi connectivity index (χ1v) is 24.0. The molecule has 1 unspecified atom stereocenters. The molecule has 2 amide bonds. The van der Waals surface area contributed by atoms with Crippen molar-refractivity contribution in [2.24, 2.45) is 0 Å². The van der Waals surface area contributed by atoms with Crippen LogP contribution >= 0.6 is 7.82 Å². The fourth-order valence-corrected chi connectivity index (χ4v) is 7.42. The summed E-state index contributed by atoms with van der Waals surface area (Å²) in [6.45, 7) is 2.56. The zero-order chi connectivity index (χ0) is 42.8. The van der Waals surface area contributed by atoms with Gasteiger partial charge in [-0.05, 0) is 57.1 Å². The second kappa shape index (κ2) is 35.8. The summed E-state index contributed by atoms with van der Waals surface area (Å²) in [7, 11) is -4.95. The fourth-order valence-electron chi connectivity index (χ4n) is 6.69. The number of phosphoric ester groups is 1. The summed E-state index contributed by atoms with van der Waals surface area (Å²) in [6, 6.07) is 6.33. The Balaban J connectivity index is 0.0000180. The molecule has 1 aromatic rings. The molecule has 0 saturated carbocycles. The van der Waals surface area contributed by atoms with Gasteiger partial charge in [0.05, 0.1) is 30.9 Å². The van der Waals surface area contributed by atoms with Crippen LogP contribution in [0.3, 0.4) is 0 Å². The molecule has 0 N–H and O–H groups in total. The number of imide groups is 1. The molecular formula is C47H73LiNO10P. The van der Waals surface area contributed by atoms with Gasteiger partial charge in [-0.3, -0.25) is 28.6 Å². The monoisotopic (exact) mass is 850 g/mol. The maximum atomic E-state index is 12.8. The molecule has 13 heteroatoms. The number of esters is 2. The second-order valence-electron chi connectivity index (χ2n) is 15.3. The van der Waals surface area contributed by atoms with E-state index in [2.05, 4.69) is 50.3 Å². The van der Waals surface area contributed by atoms with Crippen molar-refractivity contribution in [3.05, 3.63) is 71.8 Å². The molecule has 0 spiro atoms. The molecule has 2 atom stereocenters. The Labute approximate surface area is 373 Å². The number of phosphoric acid groups is 1. The number of rotatable bonds is 37. The molecule has 60 heavy (non-hydrogen) atoms. The molecule has 0 saturated heterocycles. The number of ether oxygens (including phenoxy) is 2. The number of hydrogen-bond donors (Lipinski definition) is 0. The summed E-state index contributed by atoms with van der Waals surface area (Å²) in [4.78, 5) is 64.0. The first-order chi connectivity index (χ1) is 28.7. The van der Waals surface area contributed by atoms with E-state index in [-0.39, 0.29) is 56.0 Å². The van der Waals surface area contributed by atoms with Crippen molar-refractivity contribution in [3.8, 4) is 0 Å². The van der Waals surface area contributed by atoms with Crippen LogP contribution in [0.5, 0.6) is 0 Å². The van der Waals surface area contributed by atoms with E-state index in [4.69, 9.17) is 18.5 Å². The van der Waals surface area contributed by atoms with E-state index in [1.807, 2.05) is 0 Å². The van der Waals surface area contributed by atoms with Gasteiger partial charge in [0, 0.05) is 12.8 Å². The Bertz CT molecular complexity index is 1450. The summed E-state index contributed by atoms with van der Waals surface area (Å²) in [5, 5.41) is 0. The maximum absolute atomic E-state index is 12.8. The Morgan fingerprint density at radius 1 is 0.650 bits per heavy atom. The predicted octanol–water partition coefficient (Wildman–Crippen LogP) is 8.31. The van der Waals surface area contributed by atoms with Gasteiger partial charge >= 0.3 is 30.8 Å². The van der Waals surface area contributed by atoms with Gasteiger partial charge in [-0.2, -0.15) is 0 Å². The van der Waals surface area contributed by atoms with E-state index < -0.39 is 50.9 Å². The summed E-state index contributed by atoms with van der Waals surface area (Å²) in [5.74, 6) is -2.07. The Morgan fingerprint density at radius 3 is 1.68 bits per heavy atom. The van der Waals surface area contributed by atoms with Crippen LogP contribution in [0.15, 0.2) is 60.7 Å². The average Bonchev–Trinajstić information content (AvgIpc) is 3.46.